The first-order valence-corrected chi connectivity index (χ1v) is 5.25. The third-order valence-electron chi connectivity index (χ3n) is 2.14. The van der Waals surface area contributed by atoms with E-state index in [1.54, 1.807) is 0 Å². The SMILES string of the molecule is CCCC(C)Oc1cncc([B-](F)(F)F)c1. The molecular formula is C10H14BF3NO-. The molecule has 90 valence electrons. The van der Waals surface area contributed by atoms with E-state index in [0.717, 1.165) is 25.1 Å². The van der Waals surface area contributed by atoms with Crippen molar-refractivity contribution in [1.29, 1.82) is 0 Å². The fraction of sp³-hybridized carbons (Fsp3) is 0.500. The monoisotopic (exact) mass is 232 g/mol. The van der Waals surface area contributed by atoms with E-state index < -0.39 is 12.4 Å². The lowest BCUT2D eigenvalue weighted by molar-refractivity contribution is 0.209. The predicted octanol–water partition coefficient (Wildman–Crippen LogP) is 2.70. The molecule has 1 heterocycles. The van der Waals surface area contributed by atoms with E-state index in [2.05, 4.69) is 4.98 Å². The predicted molar refractivity (Wildman–Crippen MR) is 57.9 cm³/mol. The van der Waals surface area contributed by atoms with E-state index in [4.69, 9.17) is 4.74 Å². The normalized spacial score (nSPS) is 13.6. The number of hydrogen-bond donors (Lipinski definition) is 0. The molecule has 1 aromatic heterocycles. The van der Waals surface area contributed by atoms with E-state index in [1.165, 1.54) is 6.20 Å². The van der Waals surface area contributed by atoms with Gasteiger partial charge < -0.3 is 17.7 Å². The van der Waals surface area contributed by atoms with E-state index in [1.807, 2.05) is 13.8 Å². The number of pyridine rings is 1. The number of rotatable bonds is 5. The Morgan fingerprint density at radius 1 is 1.38 bits per heavy atom. The molecule has 0 aromatic carbocycles. The fourth-order valence-electron chi connectivity index (χ4n) is 1.38. The molecule has 1 atom stereocenters. The third kappa shape index (κ3) is 3.75. The van der Waals surface area contributed by atoms with Gasteiger partial charge in [0.15, 0.2) is 0 Å². The maximum absolute atomic E-state index is 12.4. The van der Waals surface area contributed by atoms with Crippen molar-refractivity contribution >= 4 is 12.4 Å². The molecule has 1 unspecified atom stereocenters. The average molecular weight is 232 g/mol. The van der Waals surface area contributed by atoms with Gasteiger partial charge in [-0.15, -0.1) is 0 Å². The highest BCUT2D eigenvalue weighted by atomic mass is 19.4. The smallest absolute Gasteiger partial charge is 0.489 e. The van der Waals surface area contributed by atoms with Gasteiger partial charge in [0.25, 0.3) is 0 Å². The molecule has 0 amide bonds. The third-order valence-corrected chi connectivity index (χ3v) is 2.14. The van der Waals surface area contributed by atoms with Gasteiger partial charge in [-0.05, 0) is 19.4 Å². The van der Waals surface area contributed by atoms with E-state index >= 15 is 0 Å². The minimum Gasteiger partial charge on any atom is -0.489 e. The number of ether oxygens (including phenoxy) is 1. The Labute approximate surface area is 92.9 Å². The van der Waals surface area contributed by atoms with Gasteiger partial charge in [0.05, 0.1) is 12.3 Å². The zero-order chi connectivity index (χ0) is 12.2. The fourth-order valence-corrected chi connectivity index (χ4v) is 1.38. The minimum absolute atomic E-state index is 0.0946. The van der Waals surface area contributed by atoms with Crippen LogP contribution in [-0.2, 0) is 0 Å². The van der Waals surface area contributed by atoms with Crippen molar-refractivity contribution in [2.45, 2.75) is 32.8 Å². The zero-order valence-corrected chi connectivity index (χ0v) is 9.29. The van der Waals surface area contributed by atoms with Crippen LogP contribution >= 0.6 is 0 Å². The highest BCUT2D eigenvalue weighted by Crippen LogP contribution is 2.15. The topological polar surface area (TPSA) is 22.1 Å². The molecule has 0 spiro atoms. The van der Waals surface area contributed by atoms with Gasteiger partial charge in [0, 0.05) is 6.20 Å². The molecule has 0 aliphatic heterocycles. The second kappa shape index (κ2) is 5.23. The Balaban J connectivity index is 2.75. The summed E-state index contributed by atoms with van der Waals surface area (Å²) < 4.78 is 42.6. The quantitative estimate of drug-likeness (QED) is 0.728. The molecule has 16 heavy (non-hydrogen) atoms. The van der Waals surface area contributed by atoms with Crippen molar-refractivity contribution in [1.82, 2.24) is 4.98 Å². The zero-order valence-electron chi connectivity index (χ0n) is 9.29. The molecule has 1 aromatic rings. The van der Waals surface area contributed by atoms with E-state index in [-0.39, 0.29) is 11.9 Å². The van der Waals surface area contributed by atoms with Crippen molar-refractivity contribution in [3.63, 3.8) is 0 Å². The molecule has 0 fully saturated rings. The first-order valence-electron chi connectivity index (χ1n) is 5.25. The highest BCUT2D eigenvalue weighted by molar-refractivity contribution is 6.73. The lowest BCUT2D eigenvalue weighted by Gasteiger charge is -2.17. The van der Waals surface area contributed by atoms with Crippen molar-refractivity contribution < 1.29 is 17.7 Å². The van der Waals surface area contributed by atoms with Crippen LogP contribution in [0.25, 0.3) is 0 Å². The molecule has 0 saturated carbocycles. The summed E-state index contributed by atoms with van der Waals surface area (Å²) >= 11 is 0. The summed E-state index contributed by atoms with van der Waals surface area (Å²) in [5, 5.41) is 0. The van der Waals surface area contributed by atoms with E-state index in [9.17, 15) is 12.9 Å². The second-order valence-corrected chi connectivity index (χ2v) is 3.75. The molecule has 0 bridgehead atoms. The van der Waals surface area contributed by atoms with Crippen molar-refractivity contribution in [3.8, 4) is 5.75 Å². The van der Waals surface area contributed by atoms with Gasteiger partial charge >= 0.3 is 6.98 Å². The van der Waals surface area contributed by atoms with Crippen LogP contribution in [0.3, 0.4) is 0 Å². The summed E-state index contributed by atoms with van der Waals surface area (Å²) in [7, 11) is 0. The second-order valence-electron chi connectivity index (χ2n) is 3.75. The largest absolute Gasteiger partial charge is 0.511 e. The maximum Gasteiger partial charge on any atom is 0.511 e. The Morgan fingerprint density at radius 3 is 2.62 bits per heavy atom. The van der Waals surface area contributed by atoms with Crippen LogP contribution in [0.5, 0.6) is 5.75 Å². The van der Waals surface area contributed by atoms with Crippen LogP contribution in [0, 0.1) is 0 Å². The summed E-state index contributed by atoms with van der Waals surface area (Å²) in [6.07, 6.45) is 3.76. The van der Waals surface area contributed by atoms with Gasteiger partial charge in [-0.2, -0.15) is 0 Å². The summed E-state index contributed by atoms with van der Waals surface area (Å²) in [5.74, 6) is 0.178. The number of nitrogens with zero attached hydrogens (tertiary/aromatic N) is 1. The molecule has 0 saturated heterocycles. The molecule has 1 rings (SSSR count). The van der Waals surface area contributed by atoms with Crippen LogP contribution in [0.15, 0.2) is 18.5 Å². The highest BCUT2D eigenvalue weighted by Gasteiger charge is 2.26. The van der Waals surface area contributed by atoms with Crippen LogP contribution in [0.4, 0.5) is 12.9 Å². The standard InChI is InChI=1S/C10H14BF3NO/c1-3-4-8(2)16-10-5-9(6-15-7-10)11(12,13)14/h5-8H,3-4H2,1-2H3/q-1. The molecule has 0 N–H and O–H groups in total. The van der Waals surface area contributed by atoms with Crippen molar-refractivity contribution in [2.75, 3.05) is 0 Å². The van der Waals surface area contributed by atoms with Crippen LogP contribution in [0.2, 0.25) is 0 Å². The van der Waals surface area contributed by atoms with Gasteiger partial charge in [-0.25, -0.2) is 0 Å². The Hall–Kier alpha value is -1.20. The molecule has 0 radical (unpaired) electrons. The minimum atomic E-state index is -5.01. The summed E-state index contributed by atoms with van der Waals surface area (Å²) in [5.41, 5.74) is -0.721. The Kier molecular flexibility index (Phi) is 4.21. The first-order chi connectivity index (χ1) is 7.43. The van der Waals surface area contributed by atoms with Gasteiger partial charge in [0.2, 0.25) is 0 Å². The molecule has 0 aliphatic rings. The lowest BCUT2D eigenvalue weighted by Crippen LogP contribution is -2.34. The first kappa shape index (κ1) is 12.9. The summed E-state index contributed by atoms with van der Waals surface area (Å²) in [6, 6.07) is 0.999. The van der Waals surface area contributed by atoms with Crippen LogP contribution in [0.1, 0.15) is 26.7 Å². The van der Waals surface area contributed by atoms with Gasteiger partial charge in [-0.1, -0.05) is 18.8 Å². The van der Waals surface area contributed by atoms with Crippen LogP contribution in [-0.4, -0.2) is 18.1 Å². The summed E-state index contributed by atoms with van der Waals surface area (Å²) in [6.45, 7) is -1.18. The number of aromatic nitrogens is 1. The van der Waals surface area contributed by atoms with E-state index in [0.29, 0.717) is 0 Å². The summed E-state index contributed by atoms with van der Waals surface area (Å²) in [4.78, 5) is 3.53. The molecular weight excluding hydrogens is 218 g/mol. The van der Waals surface area contributed by atoms with Crippen molar-refractivity contribution in [3.05, 3.63) is 18.5 Å². The molecule has 6 heteroatoms. The number of halogens is 3. The Morgan fingerprint density at radius 2 is 2.06 bits per heavy atom. The maximum atomic E-state index is 12.4. The van der Waals surface area contributed by atoms with Gasteiger partial charge in [-0.3, -0.25) is 4.98 Å². The Bertz CT molecular complexity index is 343. The molecule has 2 nitrogen and oxygen atoms in total. The molecule has 0 aliphatic carbocycles. The number of hydrogen-bond acceptors (Lipinski definition) is 2. The lowest BCUT2D eigenvalue weighted by atomic mass is 9.81. The van der Waals surface area contributed by atoms with Gasteiger partial charge in [0.1, 0.15) is 5.75 Å². The average Bonchev–Trinajstić information content (AvgIpc) is 2.17. The van der Waals surface area contributed by atoms with Crippen LogP contribution < -0.4 is 10.2 Å². The van der Waals surface area contributed by atoms with Crippen molar-refractivity contribution in [2.24, 2.45) is 0 Å².